The summed E-state index contributed by atoms with van der Waals surface area (Å²) in [6.07, 6.45) is 7.46. The Bertz CT molecular complexity index is 2290. The van der Waals surface area contributed by atoms with Gasteiger partial charge in [0.1, 0.15) is 0 Å². The molecule has 0 saturated carbocycles. The van der Waals surface area contributed by atoms with Crippen molar-refractivity contribution in [3.05, 3.63) is 91.4 Å². The molecule has 0 spiro atoms. The van der Waals surface area contributed by atoms with E-state index < -0.39 is 27.5 Å². The first-order valence-electron chi connectivity index (χ1n) is 18.7. The van der Waals surface area contributed by atoms with Gasteiger partial charge in [0, 0.05) is 63.9 Å². The van der Waals surface area contributed by atoms with E-state index in [0.29, 0.717) is 16.4 Å². The van der Waals surface area contributed by atoms with E-state index in [4.69, 9.17) is 13.7 Å². The van der Waals surface area contributed by atoms with Gasteiger partial charge in [-0.1, -0.05) is 112 Å². The second-order valence-electron chi connectivity index (χ2n) is 15.6. The second-order valence-corrected chi connectivity index (χ2v) is 26.7. The number of H-pyrrole nitrogens is 1. The largest absolute Gasteiger partial charge is 0.416 e. The first kappa shape index (κ1) is 51.0. The van der Waals surface area contributed by atoms with Crippen LogP contribution >= 0.6 is 26.6 Å². The maximum atomic E-state index is 10.9. The minimum absolute atomic E-state index is 0.0723. The SMILES string of the molecule is CS(=O)(=O)Cl.C[C@H](Br)CO[Si](C)(C)C(C)(C)C.C[C@H](CO)Cn1ncc2ccccc21.C[C@H](COS(C)(=O)=O)Cn1ncc2ccccc21.c1ccc2[nH]ncc2c1. The van der Waals surface area contributed by atoms with Crippen LogP contribution in [0, 0.1) is 11.8 Å². The highest BCUT2D eigenvalue weighted by Crippen LogP contribution is 2.36. The van der Waals surface area contributed by atoms with Gasteiger partial charge < -0.3 is 9.53 Å². The quantitative estimate of drug-likeness (QED) is 0.0554. The van der Waals surface area contributed by atoms with Crippen molar-refractivity contribution in [3.63, 3.8) is 0 Å². The number of alkyl halides is 1. The van der Waals surface area contributed by atoms with Crippen molar-refractivity contribution in [3.8, 4) is 0 Å². The Kier molecular flexibility index (Phi) is 20.7. The summed E-state index contributed by atoms with van der Waals surface area (Å²) >= 11 is 3.49. The number of halogens is 2. The van der Waals surface area contributed by atoms with E-state index in [9.17, 15) is 16.8 Å². The number of nitrogens with zero attached hydrogens (tertiary/aromatic N) is 5. The molecule has 3 aromatic carbocycles. The molecule has 18 heteroatoms. The lowest BCUT2D eigenvalue weighted by molar-refractivity contribution is 0.220. The molecular formula is C40H60BrClN6O7S2Si. The van der Waals surface area contributed by atoms with Gasteiger partial charge in [0.2, 0.25) is 9.05 Å². The summed E-state index contributed by atoms with van der Waals surface area (Å²) in [5, 5.41) is 28.0. The van der Waals surface area contributed by atoms with Crippen LogP contribution in [-0.2, 0) is 40.9 Å². The molecule has 0 aliphatic heterocycles. The van der Waals surface area contributed by atoms with Gasteiger partial charge in [-0.3, -0.25) is 18.6 Å². The molecule has 0 unspecified atom stereocenters. The van der Waals surface area contributed by atoms with Crippen LogP contribution in [-0.4, -0.2) is 97.2 Å². The molecule has 322 valence electrons. The summed E-state index contributed by atoms with van der Waals surface area (Å²) in [5.74, 6) is 0.321. The number of para-hydroxylation sites is 3. The summed E-state index contributed by atoms with van der Waals surface area (Å²) in [6.45, 7) is 20.0. The van der Waals surface area contributed by atoms with Gasteiger partial charge in [-0.05, 0) is 42.2 Å². The van der Waals surface area contributed by atoms with E-state index in [0.717, 1.165) is 58.4 Å². The van der Waals surface area contributed by atoms with Crippen LogP contribution in [0.3, 0.4) is 0 Å². The van der Waals surface area contributed by atoms with E-state index in [-0.39, 0.29) is 25.0 Å². The van der Waals surface area contributed by atoms with Crippen LogP contribution in [0.2, 0.25) is 18.1 Å². The monoisotopic (exact) mass is 942 g/mol. The van der Waals surface area contributed by atoms with Gasteiger partial charge in [-0.25, -0.2) is 8.42 Å². The summed E-state index contributed by atoms with van der Waals surface area (Å²) in [6, 6.07) is 24.0. The smallest absolute Gasteiger partial charge is 0.264 e. The van der Waals surface area contributed by atoms with Gasteiger partial charge in [-0.15, -0.1) is 0 Å². The Hall–Kier alpha value is -3.16. The van der Waals surface area contributed by atoms with Crippen LogP contribution in [0.5, 0.6) is 0 Å². The lowest BCUT2D eigenvalue weighted by atomic mass is 10.2. The number of nitrogens with one attached hydrogen (secondary N) is 1. The molecule has 0 saturated heterocycles. The zero-order valence-electron chi connectivity index (χ0n) is 35.1. The number of benzene rings is 3. The van der Waals surface area contributed by atoms with E-state index in [1.54, 1.807) is 6.20 Å². The van der Waals surface area contributed by atoms with Gasteiger partial charge in [-0.2, -0.15) is 23.7 Å². The number of aliphatic hydroxyl groups is 1. The Labute approximate surface area is 358 Å². The van der Waals surface area contributed by atoms with Crippen LogP contribution in [0.25, 0.3) is 32.7 Å². The first-order chi connectivity index (χ1) is 26.9. The number of hydrogen-bond acceptors (Lipinski definition) is 10. The van der Waals surface area contributed by atoms with Gasteiger partial charge in [0.25, 0.3) is 10.1 Å². The molecule has 6 rings (SSSR count). The third-order valence-electron chi connectivity index (χ3n) is 8.78. The number of aliphatic hydroxyl groups excluding tert-OH is 1. The van der Waals surface area contributed by atoms with Gasteiger partial charge in [0.15, 0.2) is 8.32 Å². The van der Waals surface area contributed by atoms with E-state index >= 15 is 0 Å². The molecule has 0 aliphatic rings. The summed E-state index contributed by atoms with van der Waals surface area (Å²) < 4.78 is 55.1. The Morgan fingerprint density at radius 1 is 0.776 bits per heavy atom. The first-order valence-corrected chi connectivity index (χ1v) is 27.1. The molecule has 3 heterocycles. The fourth-order valence-electron chi connectivity index (χ4n) is 4.71. The number of hydrogen-bond donors (Lipinski definition) is 2. The minimum atomic E-state index is -3.37. The zero-order valence-corrected chi connectivity index (χ0v) is 40.1. The summed E-state index contributed by atoms with van der Waals surface area (Å²) in [7, 11) is -3.56. The predicted octanol–water partition coefficient (Wildman–Crippen LogP) is 8.85. The van der Waals surface area contributed by atoms with Crippen LogP contribution in [0.4, 0.5) is 0 Å². The van der Waals surface area contributed by atoms with Crippen molar-refractivity contribution >= 4 is 86.8 Å². The number of aromatic nitrogens is 6. The van der Waals surface area contributed by atoms with E-state index in [1.165, 1.54) is 0 Å². The summed E-state index contributed by atoms with van der Waals surface area (Å²) in [4.78, 5) is 0.464. The van der Waals surface area contributed by atoms with E-state index in [2.05, 4.69) is 87.8 Å². The Balaban J connectivity index is 0.000000262. The molecule has 3 atom stereocenters. The van der Waals surface area contributed by atoms with Crippen LogP contribution in [0.15, 0.2) is 91.4 Å². The Morgan fingerprint density at radius 2 is 1.22 bits per heavy atom. The maximum absolute atomic E-state index is 10.9. The van der Waals surface area contributed by atoms with Crippen molar-refractivity contribution in [1.82, 2.24) is 29.8 Å². The molecule has 6 aromatic rings. The molecule has 0 bridgehead atoms. The molecule has 3 aromatic heterocycles. The molecule has 0 aliphatic carbocycles. The fourth-order valence-corrected chi connectivity index (χ4v) is 6.66. The standard InChI is InChI=1S/C12H16N2O3S.C11H14N2O.C9H21BrOSi.C7H6N2.CH3ClO2S/c1-10(9-17-18(2,15)16)8-14-12-6-4-3-5-11(12)7-13-14;1-9(8-14)7-13-11-5-3-2-4-10(11)6-12-13;1-8(10)7-11-12(5,6)9(2,3)4;1-2-4-7-6(3-1)5-8-9-7;1-5(2,3)4/h3-7,10H,8-9H2,1-2H3;2-6,9,14H,7-8H2,1H3;8H,7H2,1-6H3;1-5H,(H,8,9);1H3/t10-;9-;8-;;/m000../s1. The minimum Gasteiger partial charge on any atom is -0.416 e. The zero-order chi connectivity index (χ0) is 43.7. The molecule has 13 nitrogen and oxygen atoms in total. The van der Waals surface area contributed by atoms with Crippen molar-refractivity contribution < 1.29 is 30.6 Å². The summed E-state index contributed by atoms with van der Waals surface area (Å²) in [5.41, 5.74) is 3.27. The van der Waals surface area contributed by atoms with Gasteiger partial charge >= 0.3 is 0 Å². The van der Waals surface area contributed by atoms with Crippen LogP contribution < -0.4 is 0 Å². The van der Waals surface area contributed by atoms with Gasteiger partial charge in [0.05, 0.1) is 54.3 Å². The average molecular weight is 945 g/mol. The molecule has 0 amide bonds. The predicted molar refractivity (Wildman–Crippen MR) is 244 cm³/mol. The normalized spacial score (nSPS) is 13.5. The molecular weight excluding hydrogens is 884 g/mol. The second kappa shape index (κ2) is 23.6. The molecule has 2 N–H and O–H groups in total. The average Bonchev–Trinajstić information content (AvgIpc) is 3.89. The highest BCUT2D eigenvalue weighted by molar-refractivity contribution is 9.09. The fraction of sp³-hybridized carbons (Fsp3) is 0.475. The third-order valence-corrected chi connectivity index (χ3v) is 14.1. The topological polar surface area (TPSA) is 171 Å². The van der Waals surface area contributed by atoms with Crippen molar-refractivity contribution in [2.75, 3.05) is 32.3 Å². The molecule has 0 radical (unpaired) electrons. The highest BCUT2D eigenvalue weighted by Gasteiger charge is 2.37. The van der Waals surface area contributed by atoms with Crippen molar-refractivity contribution in [2.45, 2.75) is 77.6 Å². The third kappa shape index (κ3) is 19.7. The Morgan fingerprint density at radius 3 is 1.66 bits per heavy atom. The molecule has 58 heavy (non-hydrogen) atoms. The number of fused-ring (bicyclic) bond motifs is 3. The van der Waals surface area contributed by atoms with Crippen molar-refractivity contribution in [1.29, 1.82) is 0 Å². The number of aromatic amines is 1. The lowest BCUT2D eigenvalue weighted by Gasteiger charge is -2.36. The molecule has 0 fully saturated rings. The highest BCUT2D eigenvalue weighted by atomic mass is 79.9. The maximum Gasteiger partial charge on any atom is 0.264 e. The number of rotatable bonds is 11. The lowest BCUT2D eigenvalue weighted by Crippen LogP contribution is -2.41. The van der Waals surface area contributed by atoms with Crippen molar-refractivity contribution in [2.24, 2.45) is 11.8 Å². The van der Waals surface area contributed by atoms with Crippen LogP contribution in [0.1, 0.15) is 41.5 Å². The van der Waals surface area contributed by atoms with E-state index in [1.807, 2.05) is 108 Å².